The Bertz CT molecular complexity index is 1210. The molecule has 0 aliphatic heterocycles. The van der Waals surface area contributed by atoms with E-state index in [2.05, 4.69) is 5.32 Å². The monoisotopic (exact) mass is 545 g/mol. The topological polar surface area (TPSA) is 73.9 Å². The van der Waals surface area contributed by atoms with Crippen molar-refractivity contribution in [1.82, 2.24) is 5.32 Å². The van der Waals surface area contributed by atoms with Crippen LogP contribution >= 0.6 is 0 Å². The molecule has 12 heteroatoms. The van der Waals surface area contributed by atoms with Gasteiger partial charge >= 0.3 is 18.3 Å². The van der Waals surface area contributed by atoms with E-state index in [0.717, 1.165) is 0 Å². The maximum absolute atomic E-state index is 13.5. The van der Waals surface area contributed by atoms with E-state index in [1.54, 1.807) is 31.2 Å². The van der Waals surface area contributed by atoms with Gasteiger partial charge in [0.15, 0.2) is 0 Å². The molecule has 1 N–H and O–H groups in total. The summed E-state index contributed by atoms with van der Waals surface area (Å²) in [5.41, 5.74) is -3.60. The Labute approximate surface area is 214 Å². The lowest BCUT2D eigenvalue weighted by molar-refractivity contribution is -0.146. The second-order valence-corrected chi connectivity index (χ2v) is 8.46. The van der Waals surface area contributed by atoms with Gasteiger partial charge in [0.2, 0.25) is 0 Å². The van der Waals surface area contributed by atoms with Crippen LogP contribution in [0.1, 0.15) is 46.3 Å². The van der Waals surface area contributed by atoms with Crippen LogP contribution in [0, 0.1) is 5.92 Å². The molecule has 3 atom stereocenters. The average Bonchev–Trinajstić information content (AvgIpc) is 3.30. The first-order chi connectivity index (χ1) is 17.8. The zero-order valence-corrected chi connectivity index (χ0v) is 20.6. The number of allylic oxidation sites excluding steroid dienone is 1. The zero-order chi connectivity index (χ0) is 28.3. The van der Waals surface area contributed by atoms with Crippen molar-refractivity contribution in [2.75, 3.05) is 20.8 Å². The molecule has 2 aromatic rings. The summed E-state index contributed by atoms with van der Waals surface area (Å²) in [4.78, 5) is 25.7. The molecule has 0 spiro atoms. The summed E-state index contributed by atoms with van der Waals surface area (Å²) >= 11 is 0. The van der Waals surface area contributed by atoms with Crippen molar-refractivity contribution in [2.45, 2.75) is 37.7 Å². The Morgan fingerprint density at radius 3 is 2.26 bits per heavy atom. The van der Waals surface area contributed by atoms with E-state index < -0.39 is 58.8 Å². The molecule has 3 rings (SSSR count). The molecule has 0 aromatic heterocycles. The molecule has 0 radical (unpaired) electrons. The van der Waals surface area contributed by atoms with Crippen LogP contribution in [-0.4, -0.2) is 38.7 Å². The van der Waals surface area contributed by atoms with Crippen molar-refractivity contribution in [3.63, 3.8) is 0 Å². The molecule has 0 saturated heterocycles. The Kier molecular flexibility index (Phi) is 8.63. The Hall–Kier alpha value is -3.70. The van der Waals surface area contributed by atoms with Crippen LogP contribution in [0.5, 0.6) is 11.5 Å². The van der Waals surface area contributed by atoms with Gasteiger partial charge in [0, 0.05) is 11.6 Å². The standard InChI is InChI=1S/C26H25F6NO5/c1-4-38-24(35)22(19-13-17(36-2)8-10-21(19)37-3)14-5-7-16(11-14)33-23(34)18-12-15(25(27,28)29)6-9-20(18)26(30,31)32/h5-10,12-14,16,22H,4,11H2,1-3H3,(H,33,34)/t14-,16-,22+/m1/s1. The molecule has 1 amide bonds. The van der Waals surface area contributed by atoms with Crippen LogP contribution in [0.3, 0.4) is 0 Å². The summed E-state index contributed by atoms with van der Waals surface area (Å²) in [6, 6.07) is 4.65. The number of benzene rings is 2. The molecule has 0 unspecified atom stereocenters. The second-order valence-electron chi connectivity index (χ2n) is 8.46. The van der Waals surface area contributed by atoms with Crippen molar-refractivity contribution in [3.05, 3.63) is 70.8 Å². The van der Waals surface area contributed by atoms with Crippen molar-refractivity contribution in [1.29, 1.82) is 0 Å². The number of alkyl halides is 6. The van der Waals surface area contributed by atoms with E-state index in [-0.39, 0.29) is 31.2 Å². The predicted octanol–water partition coefficient (Wildman–Crippen LogP) is 5.76. The fourth-order valence-electron chi connectivity index (χ4n) is 4.33. The highest BCUT2D eigenvalue weighted by molar-refractivity contribution is 5.96. The number of hydrogen-bond donors (Lipinski definition) is 1. The van der Waals surface area contributed by atoms with E-state index in [1.165, 1.54) is 20.3 Å². The first kappa shape index (κ1) is 28.9. The molecule has 0 heterocycles. The van der Waals surface area contributed by atoms with Crippen molar-refractivity contribution in [3.8, 4) is 11.5 Å². The lowest BCUT2D eigenvalue weighted by atomic mass is 9.84. The van der Waals surface area contributed by atoms with Gasteiger partial charge in [0.1, 0.15) is 11.5 Å². The number of esters is 1. The van der Waals surface area contributed by atoms with E-state index >= 15 is 0 Å². The third kappa shape index (κ3) is 6.40. The van der Waals surface area contributed by atoms with Gasteiger partial charge in [-0.2, -0.15) is 26.3 Å². The van der Waals surface area contributed by atoms with Gasteiger partial charge in [-0.25, -0.2) is 0 Å². The van der Waals surface area contributed by atoms with Crippen LogP contribution in [0.15, 0.2) is 48.6 Å². The highest BCUT2D eigenvalue weighted by Crippen LogP contribution is 2.41. The molecular weight excluding hydrogens is 520 g/mol. The highest BCUT2D eigenvalue weighted by Gasteiger charge is 2.40. The molecule has 0 fully saturated rings. The number of methoxy groups -OCH3 is 2. The molecule has 6 nitrogen and oxygen atoms in total. The summed E-state index contributed by atoms with van der Waals surface area (Å²) in [5.74, 6) is -2.63. The smallest absolute Gasteiger partial charge is 0.417 e. The molecule has 38 heavy (non-hydrogen) atoms. The summed E-state index contributed by atoms with van der Waals surface area (Å²) in [7, 11) is 2.85. The van der Waals surface area contributed by atoms with Gasteiger partial charge in [0.05, 0.1) is 43.4 Å². The zero-order valence-electron chi connectivity index (χ0n) is 20.6. The predicted molar refractivity (Wildman–Crippen MR) is 124 cm³/mol. The summed E-state index contributed by atoms with van der Waals surface area (Å²) < 4.78 is 95.6. The first-order valence-electron chi connectivity index (χ1n) is 11.5. The van der Waals surface area contributed by atoms with Crippen LogP contribution < -0.4 is 14.8 Å². The van der Waals surface area contributed by atoms with Crippen molar-refractivity contribution >= 4 is 11.9 Å². The molecule has 206 valence electrons. The molecular formula is C26H25F6NO5. The quantitative estimate of drug-likeness (QED) is 0.259. The third-order valence-electron chi connectivity index (χ3n) is 6.07. The van der Waals surface area contributed by atoms with Crippen molar-refractivity contribution < 1.29 is 50.1 Å². The number of halogens is 6. The average molecular weight is 545 g/mol. The van der Waals surface area contributed by atoms with Crippen LogP contribution in [0.4, 0.5) is 26.3 Å². The number of carbonyl (C=O) groups excluding carboxylic acids is 2. The van der Waals surface area contributed by atoms with Gasteiger partial charge in [0.25, 0.3) is 5.91 Å². The molecule has 2 aromatic carbocycles. The van der Waals surface area contributed by atoms with Crippen LogP contribution in [-0.2, 0) is 21.9 Å². The number of rotatable bonds is 8. The Morgan fingerprint density at radius 1 is 0.974 bits per heavy atom. The van der Waals surface area contributed by atoms with Gasteiger partial charge < -0.3 is 19.5 Å². The van der Waals surface area contributed by atoms with E-state index in [1.807, 2.05) is 0 Å². The van der Waals surface area contributed by atoms with Gasteiger partial charge in [-0.3, -0.25) is 9.59 Å². The van der Waals surface area contributed by atoms with Gasteiger partial charge in [-0.05, 0) is 55.7 Å². The number of carbonyl (C=O) groups is 2. The summed E-state index contributed by atoms with van der Waals surface area (Å²) in [5, 5.41) is 2.34. The van der Waals surface area contributed by atoms with E-state index in [4.69, 9.17) is 14.2 Å². The second kappa shape index (κ2) is 11.4. The minimum Gasteiger partial charge on any atom is -0.497 e. The number of nitrogens with one attached hydrogen (secondary N) is 1. The molecule has 0 saturated carbocycles. The number of ether oxygens (including phenoxy) is 3. The fraction of sp³-hybridized carbons (Fsp3) is 0.385. The normalized spacial score (nSPS) is 18.1. The SMILES string of the molecule is CCOC(=O)[C@H](c1cc(OC)ccc1OC)[C@@H]1C=C[C@@H](NC(=O)c2cc(C(F)(F)F)ccc2C(F)(F)F)C1. The van der Waals surface area contributed by atoms with Crippen LogP contribution in [0.25, 0.3) is 0 Å². The van der Waals surface area contributed by atoms with Crippen LogP contribution in [0.2, 0.25) is 0 Å². The third-order valence-corrected chi connectivity index (χ3v) is 6.07. The molecule has 1 aliphatic carbocycles. The summed E-state index contributed by atoms with van der Waals surface area (Å²) in [6.07, 6.45) is -6.86. The minimum absolute atomic E-state index is 0.0654. The Morgan fingerprint density at radius 2 is 1.68 bits per heavy atom. The highest BCUT2D eigenvalue weighted by atomic mass is 19.4. The number of hydrogen-bond acceptors (Lipinski definition) is 5. The lowest BCUT2D eigenvalue weighted by Crippen LogP contribution is -2.35. The van der Waals surface area contributed by atoms with Crippen molar-refractivity contribution in [2.24, 2.45) is 5.92 Å². The number of amides is 1. The molecule has 0 bridgehead atoms. The molecule has 1 aliphatic rings. The first-order valence-corrected chi connectivity index (χ1v) is 11.5. The maximum Gasteiger partial charge on any atom is 0.417 e. The fourth-order valence-corrected chi connectivity index (χ4v) is 4.33. The Balaban J connectivity index is 1.89. The van der Waals surface area contributed by atoms with E-state index in [0.29, 0.717) is 17.1 Å². The summed E-state index contributed by atoms with van der Waals surface area (Å²) in [6.45, 7) is 1.70. The largest absolute Gasteiger partial charge is 0.497 e. The maximum atomic E-state index is 13.5. The lowest BCUT2D eigenvalue weighted by Gasteiger charge is -2.24. The van der Waals surface area contributed by atoms with E-state index in [9.17, 15) is 35.9 Å². The van der Waals surface area contributed by atoms with Gasteiger partial charge in [-0.1, -0.05) is 12.2 Å². The minimum atomic E-state index is -5.05. The van der Waals surface area contributed by atoms with Gasteiger partial charge in [-0.15, -0.1) is 0 Å².